The molecular weight excluding hydrogens is 226 g/mol. The van der Waals surface area contributed by atoms with Gasteiger partial charge in [-0.25, -0.2) is 0 Å². The minimum atomic E-state index is -0.175. The molecule has 0 N–H and O–H groups in total. The molecule has 0 aromatic heterocycles. The molecule has 0 saturated carbocycles. The van der Waals surface area contributed by atoms with Gasteiger partial charge in [-0.1, -0.05) is 18.2 Å². The molecular formula is C15H21NO2. The fourth-order valence-electron chi connectivity index (χ4n) is 2.46. The molecule has 0 saturated heterocycles. The zero-order valence-corrected chi connectivity index (χ0v) is 11.2. The van der Waals surface area contributed by atoms with Crippen LogP contribution in [-0.4, -0.2) is 38.1 Å². The summed E-state index contributed by atoms with van der Waals surface area (Å²) in [6.45, 7) is 1.25. The van der Waals surface area contributed by atoms with Crippen molar-refractivity contribution in [2.75, 3.05) is 27.2 Å². The number of benzene rings is 1. The SMILES string of the molecule is COC(=O)CN(C)CCc1ccc2c(c1)CCC2. The molecule has 1 aliphatic carbocycles. The molecule has 0 radical (unpaired) electrons. The maximum atomic E-state index is 11.1. The first kappa shape index (κ1) is 13.1. The number of likely N-dealkylation sites (N-methyl/N-ethyl adjacent to an activating group) is 1. The van der Waals surface area contributed by atoms with E-state index < -0.39 is 0 Å². The van der Waals surface area contributed by atoms with Crippen molar-refractivity contribution < 1.29 is 9.53 Å². The first-order chi connectivity index (χ1) is 8.69. The second-order valence-electron chi connectivity index (χ2n) is 5.02. The largest absolute Gasteiger partial charge is 0.468 e. The predicted molar refractivity (Wildman–Crippen MR) is 71.7 cm³/mol. The number of carbonyl (C=O) groups excluding carboxylic acids is 1. The number of nitrogens with zero attached hydrogens (tertiary/aromatic N) is 1. The van der Waals surface area contributed by atoms with Crippen molar-refractivity contribution >= 4 is 5.97 Å². The fourth-order valence-corrected chi connectivity index (χ4v) is 2.46. The van der Waals surface area contributed by atoms with E-state index in [1.165, 1.54) is 43.1 Å². The van der Waals surface area contributed by atoms with Crippen molar-refractivity contribution in [1.29, 1.82) is 0 Å². The average molecular weight is 247 g/mol. The van der Waals surface area contributed by atoms with Crippen molar-refractivity contribution in [2.24, 2.45) is 0 Å². The summed E-state index contributed by atoms with van der Waals surface area (Å²) in [5.74, 6) is -0.175. The Kier molecular flexibility index (Phi) is 4.37. The van der Waals surface area contributed by atoms with E-state index in [0.29, 0.717) is 6.54 Å². The molecule has 2 rings (SSSR count). The first-order valence-electron chi connectivity index (χ1n) is 6.55. The normalized spacial score (nSPS) is 13.7. The number of ether oxygens (including phenoxy) is 1. The highest BCUT2D eigenvalue weighted by molar-refractivity contribution is 5.71. The second kappa shape index (κ2) is 6.01. The van der Waals surface area contributed by atoms with Gasteiger partial charge in [0.25, 0.3) is 0 Å². The zero-order chi connectivity index (χ0) is 13.0. The Bertz CT molecular complexity index is 429. The van der Waals surface area contributed by atoms with Crippen LogP contribution in [0, 0.1) is 0 Å². The summed E-state index contributed by atoms with van der Waals surface area (Å²) in [6.07, 6.45) is 4.74. The number of aryl methyl sites for hydroxylation is 2. The van der Waals surface area contributed by atoms with Gasteiger partial charge in [-0.3, -0.25) is 9.69 Å². The maximum Gasteiger partial charge on any atom is 0.319 e. The number of carbonyl (C=O) groups is 1. The molecule has 0 fully saturated rings. The summed E-state index contributed by atoms with van der Waals surface area (Å²) in [6, 6.07) is 6.81. The van der Waals surface area contributed by atoms with Crippen LogP contribution in [-0.2, 0) is 28.8 Å². The predicted octanol–water partition coefficient (Wildman–Crippen LogP) is 1.82. The van der Waals surface area contributed by atoms with Crippen LogP contribution in [0.2, 0.25) is 0 Å². The molecule has 0 heterocycles. The Morgan fingerprint density at radius 1 is 1.33 bits per heavy atom. The minimum Gasteiger partial charge on any atom is -0.468 e. The van der Waals surface area contributed by atoms with Crippen molar-refractivity contribution in [3.8, 4) is 0 Å². The van der Waals surface area contributed by atoms with E-state index in [0.717, 1.165) is 13.0 Å². The average Bonchev–Trinajstić information content (AvgIpc) is 2.83. The minimum absolute atomic E-state index is 0.175. The Labute approximate surface area is 109 Å². The number of hydrogen-bond acceptors (Lipinski definition) is 3. The molecule has 0 unspecified atom stereocenters. The molecule has 0 aliphatic heterocycles. The molecule has 3 nitrogen and oxygen atoms in total. The highest BCUT2D eigenvalue weighted by Gasteiger charge is 2.11. The second-order valence-corrected chi connectivity index (χ2v) is 5.02. The molecule has 3 heteroatoms. The van der Waals surface area contributed by atoms with Crippen LogP contribution in [0.3, 0.4) is 0 Å². The van der Waals surface area contributed by atoms with Gasteiger partial charge in [0.15, 0.2) is 0 Å². The van der Waals surface area contributed by atoms with E-state index in [4.69, 9.17) is 0 Å². The van der Waals surface area contributed by atoms with Crippen LogP contribution >= 0.6 is 0 Å². The summed E-state index contributed by atoms with van der Waals surface area (Å²) in [7, 11) is 3.38. The lowest BCUT2D eigenvalue weighted by molar-refractivity contribution is -0.141. The molecule has 18 heavy (non-hydrogen) atoms. The summed E-state index contributed by atoms with van der Waals surface area (Å²) < 4.78 is 4.65. The van der Waals surface area contributed by atoms with E-state index in [-0.39, 0.29) is 5.97 Å². The molecule has 1 aliphatic rings. The van der Waals surface area contributed by atoms with E-state index in [1.807, 2.05) is 11.9 Å². The van der Waals surface area contributed by atoms with Gasteiger partial charge in [0.1, 0.15) is 0 Å². The van der Waals surface area contributed by atoms with Gasteiger partial charge in [-0.2, -0.15) is 0 Å². The maximum absolute atomic E-state index is 11.1. The Morgan fingerprint density at radius 3 is 2.89 bits per heavy atom. The van der Waals surface area contributed by atoms with Crippen LogP contribution in [0.15, 0.2) is 18.2 Å². The van der Waals surface area contributed by atoms with Gasteiger partial charge in [-0.15, -0.1) is 0 Å². The van der Waals surface area contributed by atoms with Crippen LogP contribution in [0.1, 0.15) is 23.1 Å². The molecule has 0 bridgehead atoms. The molecule has 0 spiro atoms. The highest BCUT2D eigenvalue weighted by Crippen LogP contribution is 2.22. The van der Waals surface area contributed by atoms with Crippen molar-refractivity contribution in [3.05, 3.63) is 34.9 Å². The topological polar surface area (TPSA) is 29.5 Å². The Balaban J connectivity index is 1.85. The van der Waals surface area contributed by atoms with E-state index in [1.54, 1.807) is 0 Å². The lowest BCUT2D eigenvalue weighted by Gasteiger charge is -2.15. The molecule has 1 aromatic carbocycles. The third-order valence-electron chi connectivity index (χ3n) is 3.57. The fraction of sp³-hybridized carbons (Fsp3) is 0.533. The number of esters is 1. The molecule has 1 aromatic rings. The lowest BCUT2D eigenvalue weighted by atomic mass is 10.0. The summed E-state index contributed by atoms with van der Waals surface area (Å²) in [4.78, 5) is 13.1. The van der Waals surface area contributed by atoms with Gasteiger partial charge < -0.3 is 4.74 Å². The van der Waals surface area contributed by atoms with Gasteiger partial charge in [0, 0.05) is 6.54 Å². The molecule has 98 valence electrons. The quantitative estimate of drug-likeness (QED) is 0.743. The molecule has 0 amide bonds. The monoisotopic (exact) mass is 247 g/mol. The Morgan fingerprint density at radius 2 is 2.11 bits per heavy atom. The third-order valence-corrected chi connectivity index (χ3v) is 3.57. The van der Waals surface area contributed by atoms with E-state index in [9.17, 15) is 4.79 Å². The van der Waals surface area contributed by atoms with Crippen LogP contribution in [0.4, 0.5) is 0 Å². The summed E-state index contributed by atoms with van der Waals surface area (Å²) in [5.41, 5.74) is 4.40. The molecule has 0 atom stereocenters. The van der Waals surface area contributed by atoms with Gasteiger partial charge in [-0.05, 0) is 49.4 Å². The van der Waals surface area contributed by atoms with Crippen molar-refractivity contribution in [1.82, 2.24) is 4.90 Å². The summed E-state index contributed by atoms with van der Waals surface area (Å²) >= 11 is 0. The number of methoxy groups -OCH3 is 1. The van der Waals surface area contributed by atoms with Gasteiger partial charge in [0.2, 0.25) is 0 Å². The smallest absolute Gasteiger partial charge is 0.319 e. The lowest BCUT2D eigenvalue weighted by Crippen LogP contribution is -2.28. The van der Waals surface area contributed by atoms with Gasteiger partial charge in [0.05, 0.1) is 13.7 Å². The first-order valence-corrected chi connectivity index (χ1v) is 6.55. The Hall–Kier alpha value is -1.35. The zero-order valence-electron chi connectivity index (χ0n) is 11.2. The van der Waals surface area contributed by atoms with Crippen LogP contribution in [0.5, 0.6) is 0 Å². The number of hydrogen-bond donors (Lipinski definition) is 0. The van der Waals surface area contributed by atoms with Crippen LogP contribution < -0.4 is 0 Å². The highest BCUT2D eigenvalue weighted by atomic mass is 16.5. The standard InChI is InChI=1S/C15H21NO2/c1-16(11-15(17)18-2)9-8-12-6-7-13-4-3-5-14(13)10-12/h6-7,10H,3-5,8-9,11H2,1-2H3. The van der Waals surface area contributed by atoms with Crippen LogP contribution in [0.25, 0.3) is 0 Å². The summed E-state index contributed by atoms with van der Waals surface area (Å²) in [5, 5.41) is 0. The van der Waals surface area contributed by atoms with E-state index >= 15 is 0 Å². The van der Waals surface area contributed by atoms with Crippen molar-refractivity contribution in [2.45, 2.75) is 25.7 Å². The number of rotatable bonds is 5. The number of fused-ring (bicyclic) bond motifs is 1. The van der Waals surface area contributed by atoms with Crippen molar-refractivity contribution in [3.63, 3.8) is 0 Å². The third kappa shape index (κ3) is 3.33. The van der Waals surface area contributed by atoms with Gasteiger partial charge >= 0.3 is 5.97 Å². The van der Waals surface area contributed by atoms with E-state index in [2.05, 4.69) is 22.9 Å².